The first kappa shape index (κ1) is 121. The summed E-state index contributed by atoms with van der Waals surface area (Å²) in [6.45, 7) is 79.3. The average Bonchev–Trinajstić information content (AvgIpc) is 1.45. The van der Waals surface area contributed by atoms with Crippen LogP contribution in [0.1, 0.15) is 322 Å². The lowest BCUT2D eigenvalue weighted by atomic mass is 9.86. The number of hydrogen-bond donors (Lipinski definition) is 0. The molecule has 8 aliphatic rings. The maximum absolute atomic E-state index is 12.0. The van der Waals surface area contributed by atoms with Gasteiger partial charge in [0.15, 0.2) is 0 Å². The van der Waals surface area contributed by atoms with Crippen LogP contribution in [0.25, 0.3) is 0 Å². The van der Waals surface area contributed by atoms with E-state index < -0.39 is 0 Å². The molecule has 0 saturated carbocycles. The lowest BCUT2D eigenvalue weighted by Gasteiger charge is -2.34. The Balaban J connectivity index is 0.000000732. The quantitative estimate of drug-likeness (QED) is 0.0569. The minimum Gasteiger partial charge on any atom is -0.384 e. The Morgan fingerprint density at radius 1 is 0.242 bits per heavy atom. The number of rotatable bonds is 32. The van der Waals surface area contributed by atoms with Gasteiger partial charge in [-0.3, -0.25) is 38.4 Å². The molecule has 128 heavy (non-hydrogen) atoms. The molecule has 8 rings (SSSR count). The summed E-state index contributed by atoms with van der Waals surface area (Å²) in [6.07, 6.45) is 20.9. The molecule has 24 nitrogen and oxygen atoms in total. The van der Waals surface area contributed by atoms with Crippen molar-refractivity contribution in [3.63, 3.8) is 0 Å². The summed E-state index contributed by atoms with van der Waals surface area (Å²) in [5.41, 5.74) is -0.378. The third-order valence-corrected chi connectivity index (χ3v) is 27.3. The van der Waals surface area contributed by atoms with E-state index in [0.29, 0.717) is 65.3 Å². The molecule has 0 bridgehead atoms. The van der Waals surface area contributed by atoms with Gasteiger partial charge in [-0.2, -0.15) is 0 Å². The number of hydrogen-bond acceptors (Lipinski definition) is 16. The van der Waals surface area contributed by atoms with Crippen molar-refractivity contribution >= 4 is 47.3 Å². The van der Waals surface area contributed by atoms with Crippen LogP contribution in [0, 0.1) is 94.7 Å². The Morgan fingerprint density at radius 2 is 0.453 bits per heavy atom. The molecule has 8 amide bonds. The number of likely N-dealkylation sites (tertiary alicyclic amines) is 8. The number of carbonyl (C=O) groups excluding carboxylic acids is 8. The Labute approximate surface area is 784 Å². The number of methoxy groups -OCH3 is 2. The Morgan fingerprint density at radius 3 is 0.672 bits per heavy atom. The van der Waals surface area contributed by atoms with Crippen LogP contribution in [0.4, 0.5) is 0 Å². The molecule has 0 atom stereocenters. The second kappa shape index (κ2) is 67.6. The first-order valence-electron chi connectivity index (χ1n) is 51.1. The zero-order valence-corrected chi connectivity index (χ0v) is 88.0. The highest BCUT2D eigenvalue weighted by molar-refractivity contribution is 5.80. The van der Waals surface area contributed by atoms with Crippen LogP contribution in [0.5, 0.6) is 0 Å². The van der Waals surface area contributed by atoms with Crippen LogP contribution in [0.3, 0.4) is 0 Å². The van der Waals surface area contributed by atoms with Crippen molar-refractivity contribution in [3.05, 3.63) is 0 Å². The summed E-state index contributed by atoms with van der Waals surface area (Å²) >= 11 is 0. The Bertz CT molecular complexity index is 2840. The number of ether oxygens (including phenoxy) is 8. The fourth-order valence-corrected chi connectivity index (χ4v) is 17.7. The van der Waals surface area contributed by atoms with Gasteiger partial charge >= 0.3 is 0 Å². The van der Waals surface area contributed by atoms with Gasteiger partial charge in [0.05, 0.1) is 75.5 Å². The molecule has 0 aromatic rings. The van der Waals surface area contributed by atoms with Crippen molar-refractivity contribution in [3.8, 4) is 0 Å². The van der Waals surface area contributed by atoms with Gasteiger partial charge in [-0.15, -0.1) is 0 Å². The van der Waals surface area contributed by atoms with Crippen LogP contribution in [0.15, 0.2) is 0 Å². The van der Waals surface area contributed by atoms with Crippen LogP contribution < -0.4 is 0 Å². The number of amides is 8. The highest BCUT2D eigenvalue weighted by Crippen LogP contribution is 2.32. The van der Waals surface area contributed by atoms with Gasteiger partial charge in [0, 0.05) is 132 Å². The SMILES string of the molecule is CC(C)C1CCN(C(=O)CCOC(C)(C)C)CC1.CC(C)C1CCN(C(=O)COC(C)(C)C)CC1.CC(C)OCC(=O)N1CCC(C(C)C)CC1.CC(C)OCCC(=O)N1CCC(C(C)C)CC1.CCOCC(=O)N1CCC(C(C)C)CC1.CCOCCC(=O)N1CCC(C(C)C)CC1.COCC(=O)N1CCC(C(C)C)CC1.COCCC(=O)N1CCC(C(C)C)CC1. The van der Waals surface area contributed by atoms with Gasteiger partial charge in [-0.25, -0.2) is 0 Å². The van der Waals surface area contributed by atoms with Gasteiger partial charge in [0.25, 0.3) is 0 Å². The summed E-state index contributed by atoms with van der Waals surface area (Å²) in [7, 11) is 3.21. The fourth-order valence-electron chi connectivity index (χ4n) is 17.7. The molecular formula is C104H200N8O16. The molecule has 8 saturated heterocycles. The third-order valence-electron chi connectivity index (χ3n) is 27.3. The van der Waals surface area contributed by atoms with E-state index in [1.165, 1.54) is 0 Å². The van der Waals surface area contributed by atoms with Gasteiger partial charge in [-0.1, -0.05) is 111 Å². The molecule has 24 heteroatoms. The van der Waals surface area contributed by atoms with Gasteiger partial charge in [-0.05, 0) is 281 Å². The van der Waals surface area contributed by atoms with E-state index in [-0.39, 0.29) is 97.1 Å². The van der Waals surface area contributed by atoms with E-state index in [1.54, 1.807) is 14.2 Å². The predicted molar refractivity (Wildman–Crippen MR) is 522 cm³/mol. The zero-order valence-electron chi connectivity index (χ0n) is 88.0. The zero-order chi connectivity index (χ0) is 96.8. The minimum atomic E-state index is -0.230. The van der Waals surface area contributed by atoms with Gasteiger partial charge in [0.2, 0.25) is 47.3 Å². The standard InChI is InChI=1S/C15H29NO2.2C14H27NO2.2C13H25NO2.2C12H23NO2.C11H21NO2/c1-12(2)13-6-9-16(10-7-13)14(17)8-11-18-15(3,4)5;1-11(2)12-6-8-15(9-7-12)13(16)10-17-14(3,4)5;1-11(2)13-5-8-15(9-6-13)14(16)7-10-17-12(3)4;1-10(2)12-5-7-14(8-6-12)13(15)9-16-11(3)4;1-4-16-10-7-13(15)14-8-5-12(6-9-14)11(2)3;1-10(2)11-4-7-13(8-5-11)12(14)6-9-15-3;1-4-15-9-12(14)13-7-5-11(6-8-13)10(2)3;1-9(2)10-4-6-12(7-5-10)11(13)8-14-3/h12-13H,6-11H2,1-5H3;11-12H,6-10H2,1-5H3;11-13H,5-10H2,1-4H3;10-12H,5-9H2,1-4H3;11-12H,4-10H2,1-3H3;2*10-11H,4-9H2,1-3H3;9-10H,4-8H2,1-3H3. The molecule has 752 valence electrons. The van der Waals surface area contributed by atoms with Crippen LogP contribution >= 0.6 is 0 Å². The summed E-state index contributed by atoms with van der Waals surface area (Å²) in [6, 6.07) is 0. The maximum atomic E-state index is 12.0. The largest absolute Gasteiger partial charge is 0.384 e. The van der Waals surface area contributed by atoms with E-state index in [2.05, 4.69) is 111 Å². The summed E-state index contributed by atoms with van der Waals surface area (Å²) in [5.74, 6) is 13.9. The minimum absolute atomic E-state index is 0.134. The molecule has 8 heterocycles. The molecule has 0 spiro atoms. The second-order valence-electron chi connectivity index (χ2n) is 42.6. The molecule has 0 radical (unpaired) electrons. The first-order valence-corrected chi connectivity index (χ1v) is 51.1. The number of carbonyl (C=O) groups is 8. The molecular weight excluding hydrogens is 1620 g/mol. The Hall–Kier alpha value is -4.56. The van der Waals surface area contributed by atoms with E-state index in [1.807, 2.05) is 122 Å². The third kappa shape index (κ3) is 54.7. The molecule has 8 aliphatic heterocycles. The van der Waals surface area contributed by atoms with Gasteiger partial charge < -0.3 is 77.1 Å². The normalized spacial score (nSPS) is 18.5. The van der Waals surface area contributed by atoms with Crippen molar-refractivity contribution in [2.24, 2.45) is 94.7 Å². The molecule has 8 fully saturated rings. The van der Waals surface area contributed by atoms with Gasteiger partial charge in [0.1, 0.15) is 26.4 Å². The summed E-state index contributed by atoms with van der Waals surface area (Å²) in [5, 5.41) is 0. The fraction of sp³-hybridized carbons (Fsp3) is 0.923. The predicted octanol–water partition coefficient (Wildman–Crippen LogP) is 18.5. The van der Waals surface area contributed by atoms with Crippen molar-refractivity contribution in [2.45, 2.75) is 346 Å². The van der Waals surface area contributed by atoms with E-state index >= 15 is 0 Å². The highest BCUT2D eigenvalue weighted by atomic mass is 16.5. The second-order valence-corrected chi connectivity index (χ2v) is 42.6. The van der Waals surface area contributed by atoms with E-state index in [0.717, 1.165) is 302 Å². The number of piperidine rings is 8. The average molecular weight is 1820 g/mol. The smallest absolute Gasteiger partial charge is 0.248 e. The number of nitrogens with zero attached hydrogens (tertiary/aromatic N) is 8. The Kier molecular flexibility index (Phi) is 64.1. The summed E-state index contributed by atoms with van der Waals surface area (Å²) in [4.78, 5) is 110. The maximum Gasteiger partial charge on any atom is 0.248 e. The van der Waals surface area contributed by atoms with Crippen molar-refractivity contribution < 1.29 is 76.3 Å². The molecule has 0 aromatic carbocycles. The highest BCUT2D eigenvalue weighted by Gasteiger charge is 2.33. The molecule has 0 N–H and O–H groups in total. The molecule has 0 aromatic heterocycles. The van der Waals surface area contributed by atoms with Crippen LogP contribution in [-0.2, 0) is 76.3 Å². The van der Waals surface area contributed by atoms with Crippen molar-refractivity contribution in [1.29, 1.82) is 0 Å². The van der Waals surface area contributed by atoms with Crippen LogP contribution in [-0.4, -0.2) is 295 Å². The van der Waals surface area contributed by atoms with Crippen molar-refractivity contribution in [2.75, 3.05) is 185 Å². The molecule has 0 unspecified atom stereocenters. The monoisotopic (exact) mass is 1820 g/mol. The topological polar surface area (TPSA) is 236 Å². The lowest BCUT2D eigenvalue weighted by Crippen LogP contribution is -2.42. The van der Waals surface area contributed by atoms with E-state index in [9.17, 15) is 38.4 Å². The lowest BCUT2D eigenvalue weighted by molar-refractivity contribution is -0.142. The molecule has 0 aliphatic carbocycles. The van der Waals surface area contributed by atoms with Crippen molar-refractivity contribution in [1.82, 2.24) is 39.2 Å². The van der Waals surface area contributed by atoms with E-state index in [4.69, 9.17) is 37.9 Å². The first-order chi connectivity index (χ1) is 60.2. The summed E-state index contributed by atoms with van der Waals surface area (Å²) < 4.78 is 42.0. The van der Waals surface area contributed by atoms with Crippen LogP contribution in [0.2, 0.25) is 0 Å².